The van der Waals surface area contributed by atoms with Gasteiger partial charge in [0.05, 0.1) is 30.9 Å². The van der Waals surface area contributed by atoms with Crippen molar-refractivity contribution >= 4 is 11.7 Å². The molecule has 2 saturated heterocycles. The van der Waals surface area contributed by atoms with Gasteiger partial charge in [-0.3, -0.25) is 4.90 Å². The molecule has 5 heteroatoms. The molecule has 2 aliphatic rings. The van der Waals surface area contributed by atoms with E-state index in [-0.39, 0.29) is 18.2 Å². The molecule has 3 rings (SSSR count). The molecule has 142 valence electrons. The second-order valence-electron chi connectivity index (χ2n) is 8.53. The Morgan fingerprint density at radius 2 is 1.77 bits per heavy atom. The van der Waals surface area contributed by atoms with Crippen LogP contribution in [0.2, 0.25) is 0 Å². The van der Waals surface area contributed by atoms with Crippen LogP contribution in [0.5, 0.6) is 0 Å². The molecule has 0 aromatic heterocycles. The van der Waals surface area contributed by atoms with Gasteiger partial charge in [0.2, 0.25) is 0 Å². The number of morpholine rings is 1. The van der Waals surface area contributed by atoms with E-state index in [1.165, 1.54) is 0 Å². The van der Waals surface area contributed by atoms with Crippen LogP contribution in [0, 0.1) is 0 Å². The van der Waals surface area contributed by atoms with E-state index in [0.29, 0.717) is 26.1 Å². The van der Waals surface area contributed by atoms with Crippen molar-refractivity contribution in [3.8, 4) is 0 Å². The first kappa shape index (κ1) is 18.9. The first-order valence-electron chi connectivity index (χ1n) is 9.17. The van der Waals surface area contributed by atoms with Crippen LogP contribution in [0.1, 0.15) is 51.7 Å². The highest BCUT2D eigenvalue weighted by atomic mass is 16.6. The van der Waals surface area contributed by atoms with Crippen LogP contribution in [0.15, 0.2) is 30.8 Å². The van der Waals surface area contributed by atoms with E-state index in [1.807, 2.05) is 52.0 Å². The van der Waals surface area contributed by atoms with E-state index in [4.69, 9.17) is 9.47 Å². The number of carbonyl (C=O) groups excluding carboxylic acids is 1. The molecule has 26 heavy (non-hydrogen) atoms. The summed E-state index contributed by atoms with van der Waals surface area (Å²) in [5.41, 5.74) is 1.42. The lowest BCUT2D eigenvalue weighted by Gasteiger charge is -2.51. The van der Waals surface area contributed by atoms with Gasteiger partial charge in [-0.1, -0.05) is 36.4 Å². The molecular weight excluding hydrogens is 330 g/mol. The minimum absolute atomic E-state index is 0.192. The zero-order valence-electron chi connectivity index (χ0n) is 16.1. The number of aliphatic hydroxyl groups is 1. The summed E-state index contributed by atoms with van der Waals surface area (Å²) in [5, 5.41) is 11.4. The van der Waals surface area contributed by atoms with Crippen LogP contribution in [0.25, 0.3) is 5.57 Å². The molecule has 1 N–H and O–H groups in total. The number of amides is 1. The summed E-state index contributed by atoms with van der Waals surface area (Å²) in [4.78, 5) is 14.4. The molecule has 2 fully saturated rings. The molecule has 5 nitrogen and oxygen atoms in total. The number of carbonyl (C=O) groups is 1. The van der Waals surface area contributed by atoms with Gasteiger partial charge in [-0.2, -0.15) is 0 Å². The van der Waals surface area contributed by atoms with Gasteiger partial charge in [0.25, 0.3) is 0 Å². The Morgan fingerprint density at radius 1 is 1.23 bits per heavy atom. The zero-order chi connectivity index (χ0) is 19.1. The van der Waals surface area contributed by atoms with Gasteiger partial charge in [-0.05, 0) is 38.8 Å². The maximum absolute atomic E-state index is 12.7. The summed E-state index contributed by atoms with van der Waals surface area (Å²) in [7, 11) is 0. The molecule has 0 spiro atoms. The van der Waals surface area contributed by atoms with Gasteiger partial charge in [0.15, 0.2) is 0 Å². The molecule has 2 atom stereocenters. The normalized spacial score (nSPS) is 28.6. The number of nitrogens with zero attached hydrogens (tertiary/aromatic N) is 1. The third kappa shape index (κ3) is 3.79. The number of rotatable bonds is 2. The van der Waals surface area contributed by atoms with E-state index in [2.05, 4.69) is 6.58 Å². The van der Waals surface area contributed by atoms with Crippen molar-refractivity contribution in [3.63, 3.8) is 0 Å². The summed E-state index contributed by atoms with van der Waals surface area (Å²) >= 11 is 0. The van der Waals surface area contributed by atoms with Crippen molar-refractivity contribution in [2.24, 2.45) is 0 Å². The highest BCUT2D eigenvalue weighted by molar-refractivity contribution is 5.69. The maximum Gasteiger partial charge on any atom is 0.410 e. The number of piperidine rings is 1. The monoisotopic (exact) mass is 359 g/mol. The summed E-state index contributed by atoms with van der Waals surface area (Å²) in [5.74, 6) is 0. The molecule has 1 aromatic rings. The van der Waals surface area contributed by atoms with Crippen LogP contribution in [0.4, 0.5) is 4.79 Å². The van der Waals surface area contributed by atoms with Crippen molar-refractivity contribution in [2.75, 3.05) is 13.2 Å². The third-order valence-corrected chi connectivity index (χ3v) is 5.07. The minimum Gasteiger partial charge on any atom is -0.444 e. The van der Waals surface area contributed by atoms with E-state index in [9.17, 15) is 9.90 Å². The number of fused-ring (bicyclic) bond motifs is 2. The summed E-state index contributed by atoms with van der Waals surface area (Å²) < 4.78 is 11.2. The highest BCUT2D eigenvalue weighted by Crippen LogP contribution is 2.41. The maximum atomic E-state index is 12.7. The topological polar surface area (TPSA) is 59.0 Å². The Bertz CT molecular complexity index is 675. The number of ether oxygens (including phenoxy) is 2. The van der Waals surface area contributed by atoms with Crippen molar-refractivity contribution < 1.29 is 19.4 Å². The minimum atomic E-state index is -0.967. The van der Waals surface area contributed by atoms with Gasteiger partial charge in [0, 0.05) is 12.8 Å². The molecule has 0 radical (unpaired) electrons. The number of hydrogen-bond acceptors (Lipinski definition) is 4. The lowest BCUT2D eigenvalue weighted by atomic mass is 9.77. The fourth-order valence-corrected chi connectivity index (χ4v) is 3.89. The zero-order valence-corrected chi connectivity index (χ0v) is 16.1. The number of hydrogen-bond donors (Lipinski definition) is 1. The molecule has 0 aliphatic carbocycles. The van der Waals surface area contributed by atoms with Crippen molar-refractivity contribution in [1.82, 2.24) is 4.90 Å². The Balaban J connectivity index is 1.82. The average molecular weight is 359 g/mol. The lowest BCUT2D eigenvalue weighted by molar-refractivity contribution is -0.141. The van der Waals surface area contributed by atoms with Crippen LogP contribution in [-0.2, 0) is 15.1 Å². The Kier molecular flexibility index (Phi) is 4.88. The Morgan fingerprint density at radius 3 is 2.23 bits per heavy atom. The first-order valence-corrected chi connectivity index (χ1v) is 9.17. The van der Waals surface area contributed by atoms with E-state index in [0.717, 1.165) is 16.7 Å². The van der Waals surface area contributed by atoms with Gasteiger partial charge in [-0.15, -0.1) is 0 Å². The fraction of sp³-hybridized carbons (Fsp3) is 0.571. The standard InChI is InChI=1S/C21H29NO4/c1-14(2)15-6-8-16(9-7-15)21(24)10-17-12-25-13-18(11-21)22(17)19(23)26-20(3,4)5/h6-9,17-18,24H,1,10-13H2,2-5H3. The van der Waals surface area contributed by atoms with Gasteiger partial charge in [-0.25, -0.2) is 4.79 Å². The molecular formula is C21H29NO4. The number of benzene rings is 1. The third-order valence-electron chi connectivity index (χ3n) is 5.07. The lowest BCUT2D eigenvalue weighted by Crippen LogP contribution is -2.63. The van der Waals surface area contributed by atoms with Crippen molar-refractivity contribution in [3.05, 3.63) is 42.0 Å². The van der Waals surface area contributed by atoms with E-state index in [1.54, 1.807) is 4.90 Å². The SMILES string of the molecule is C=C(C)c1ccc(C2(O)CC3COCC(C2)N3C(=O)OC(C)(C)C)cc1. The second-order valence-corrected chi connectivity index (χ2v) is 8.53. The second kappa shape index (κ2) is 6.71. The van der Waals surface area contributed by atoms with Crippen LogP contribution < -0.4 is 0 Å². The Hall–Kier alpha value is -1.85. The number of allylic oxidation sites excluding steroid dienone is 1. The van der Waals surface area contributed by atoms with Gasteiger partial charge < -0.3 is 14.6 Å². The molecule has 2 bridgehead atoms. The first-order chi connectivity index (χ1) is 12.1. The molecule has 0 saturated carbocycles. The Labute approximate surface area is 155 Å². The van der Waals surface area contributed by atoms with Crippen LogP contribution in [0.3, 0.4) is 0 Å². The summed E-state index contributed by atoms with van der Waals surface area (Å²) in [6.45, 7) is 12.3. The predicted octanol–water partition coefficient (Wildman–Crippen LogP) is 3.71. The summed E-state index contributed by atoms with van der Waals surface area (Å²) in [6, 6.07) is 7.52. The average Bonchev–Trinajstić information content (AvgIpc) is 2.52. The van der Waals surface area contributed by atoms with Crippen molar-refractivity contribution in [2.45, 2.75) is 63.8 Å². The van der Waals surface area contributed by atoms with Crippen LogP contribution >= 0.6 is 0 Å². The molecule has 1 aromatic carbocycles. The van der Waals surface area contributed by atoms with Crippen molar-refractivity contribution in [1.29, 1.82) is 0 Å². The van der Waals surface area contributed by atoms with Gasteiger partial charge in [0.1, 0.15) is 5.60 Å². The molecule has 2 aliphatic heterocycles. The largest absolute Gasteiger partial charge is 0.444 e. The molecule has 2 heterocycles. The molecule has 2 unspecified atom stereocenters. The van der Waals surface area contributed by atoms with E-state index >= 15 is 0 Å². The van der Waals surface area contributed by atoms with Gasteiger partial charge >= 0.3 is 6.09 Å². The summed E-state index contributed by atoms with van der Waals surface area (Å²) in [6.07, 6.45) is 0.556. The van der Waals surface area contributed by atoms with E-state index < -0.39 is 11.2 Å². The fourth-order valence-electron chi connectivity index (χ4n) is 3.89. The smallest absolute Gasteiger partial charge is 0.410 e. The highest BCUT2D eigenvalue weighted by Gasteiger charge is 2.49. The van der Waals surface area contributed by atoms with Crippen LogP contribution in [-0.4, -0.2) is 47.0 Å². The predicted molar refractivity (Wildman–Crippen MR) is 101 cm³/mol. The molecule has 1 amide bonds. The quantitative estimate of drug-likeness (QED) is 0.875.